The van der Waals surface area contributed by atoms with Crippen LogP contribution in [0.3, 0.4) is 0 Å². The first-order valence-corrected chi connectivity index (χ1v) is 5.88. The lowest BCUT2D eigenvalue weighted by Crippen LogP contribution is -2.05. The molecule has 0 bridgehead atoms. The molecule has 1 saturated carbocycles. The van der Waals surface area contributed by atoms with Gasteiger partial charge in [-0.2, -0.15) is 0 Å². The summed E-state index contributed by atoms with van der Waals surface area (Å²) in [4.78, 5) is 4.67. The topological polar surface area (TPSA) is 53.7 Å². The molecule has 88 valence electrons. The maximum absolute atomic E-state index is 5.80. The van der Waals surface area contributed by atoms with Crippen LogP contribution in [0.2, 0.25) is 0 Å². The molecule has 5 heteroatoms. The summed E-state index contributed by atoms with van der Waals surface area (Å²) in [5.74, 6) is 6.54. The molecule has 0 amide bonds. The fourth-order valence-electron chi connectivity index (χ4n) is 1.46. The van der Waals surface area contributed by atoms with Gasteiger partial charge in [0.2, 0.25) is 0 Å². The van der Waals surface area contributed by atoms with Crippen LogP contribution in [-0.2, 0) is 11.4 Å². The molecule has 0 aliphatic heterocycles. The predicted octanol–water partition coefficient (Wildman–Crippen LogP) is 2.39. The van der Waals surface area contributed by atoms with Crippen LogP contribution in [0.25, 0.3) is 0 Å². The Labute approximate surface area is 103 Å². The number of halogens is 1. The Hall–Kier alpha value is -0.780. The van der Waals surface area contributed by atoms with Gasteiger partial charge in [-0.1, -0.05) is 15.9 Å². The molecule has 1 aromatic rings. The van der Waals surface area contributed by atoms with Crippen molar-refractivity contribution in [1.82, 2.24) is 0 Å². The minimum atomic E-state index is 0.303. The van der Waals surface area contributed by atoms with Gasteiger partial charge < -0.3 is 9.47 Å². The lowest BCUT2D eigenvalue weighted by molar-refractivity contribution is 0.120. The first kappa shape index (κ1) is 11.7. The van der Waals surface area contributed by atoms with E-state index >= 15 is 0 Å². The van der Waals surface area contributed by atoms with E-state index in [9.17, 15) is 0 Å². The SMILES string of the molecule is COc1cc(Br)cc(CON)c1OC1CC1. The fourth-order valence-corrected chi connectivity index (χ4v) is 1.94. The van der Waals surface area contributed by atoms with E-state index < -0.39 is 0 Å². The second kappa shape index (κ2) is 5.03. The smallest absolute Gasteiger partial charge is 0.167 e. The molecule has 1 fully saturated rings. The molecule has 0 aromatic heterocycles. The van der Waals surface area contributed by atoms with Gasteiger partial charge in [0.1, 0.15) is 0 Å². The third kappa shape index (κ3) is 2.66. The zero-order chi connectivity index (χ0) is 11.5. The van der Waals surface area contributed by atoms with E-state index in [0.29, 0.717) is 18.5 Å². The van der Waals surface area contributed by atoms with Crippen LogP contribution in [0, 0.1) is 0 Å². The van der Waals surface area contributed by atoms with Gasteiger partial charge in [-0.05, 0) is 25.0 Å². The lowest BCUT2D eigenvalue weighted by Gasteiger charge is -2.14. The second-order valence-corrected chi connectivity index (χ2v) is 4.64. The van der Waals surface area contributed by atoms with Gasteiger partial charge in [-0.3, -0.25) is 4.84 Å². The predicted molar refractivity (Wildman–Crippen MR) is 63.3 cm³/mol. The fraction of sp³-hybridized carbons (Fsp3) is 0.455. The summed E-state index contributed by atoms with van der Waals surface area (Å²) in [5, 5.41) is 0. The van der Waals surface area contributed by atoms with Crippen molar-refractivity contribution in [3.8, 4) is 11.5 Å². The first-order chi connectivity index (χ1) is 7.74. The highest BCUT2D eigenvalue weighted by atomic mass is 79.9. The summed E-state index contributed by atoms with van der Waals surface area (Å²) in [7, 11) is 1.62. The molecule has 2 rings (SSSR count). The second-order valence-electron chi connectivity index (χ2n) is 3.72. The van der Waals surface area contributed by atoms with Crippen molar-refractivity contribution in [1.29, 1.82) is 0 Å². The van der Waals surface area contributed by atoms with E-state index in [0.717, 1.165) is 28.6 Å². The van der Waals surface area contributed by atoms with Crippen LogP contribution in [0.4, 0.5) is 0 Å². The minimum absolute atomic E-state index is 0.303. The van der Waals surface area contributed by atoms with Crippen LogP contribution in [0.1, 0.15) is 18.4 Å². The molecule has 0 spiro atoms. The van der Waals surface area contributed by atoms with Gasteiger partial charge in [0, 0.05) is 10.0 Å². The van der Waals surface area contributed by atoms with Crippen molar-refractivity contribution < 1.29 is 14.3 Å². The van der Waals surface area contributed by atoms with Gasteiger partial charge in [0.25, 0.3) is 0 Å². The first-order valence-electron chi connectivity index (χ1n) is 5.09. The van der Waals surface area contributed by atoms with Gasteiger partial charge in [-0.15, -0.1) is 0 Å². The van der Waals surface area contributed by atoms with Crippen molar-refractivity contribution in [3.05, 3.63) is 22.2 Å². The van der Waals surface area contributed by atoms with Crippen molar-refractivity contribution in [2.45, 2.75) is 25.6 Å². The highest BCUT2D eigenvalue weighted by Gasteiger charge is 2.26. The maximum Gasteiger partial charge on any atom is 0.167 e. The Bertz CT molecular complexity index is 380. The molecular formula is C11H14BrNO3. The van der Waals surface area contributed by atoms with Crippen LogP contribution >= 0.6 is 15.9 Å². The van der Waals surface area contributed by atoms with E-state index in [1.54, 1.807) is 7.11 Å². The third-order valence-electron chi connectivity index (χ3n) is 2.36. The summed E-state index contributed by atoms with van der Waals surface area (Å²) in [5.41, 5.74) is 0.889. The van der Waals surface area contributed by atoms with Gasteiger partial charge in [0.05, 0.1) is 19.8 Å². The van der Waals surface area contributed by atoms with Gasteiger partial charge in [0.15, 0.2) is 11.5 Å². The van der Waals surface area contributed by atoms with E-state index in [4.69, 9.17) is 15.4 Å². The van der Waals surface area contributed by atoms with E-state index in [2.05, 4.69) is 20.8 Å². The molecule has 4 nitrogen and oxygen atoms in total. The molecule has 2 N–H and O–H groups in total. The average Bonchev–Trinajstić information content (AvgIpc) is 3.05. The lowest BCUT2D eigenvalue weighted by atomic mass is 10.2. The number of ether oxygens (including phenoxy) is 2. The Morgan fingerprint density at radius 2 is 2.19 bits per heavy atom. The van der Waals surface area contributed by atoms with Crippen molar-refractivity contribution >= 4 is 15.9 Å². The van der Waals surface area contributed by atoms with E-state index in [1.165, 1.54) is 0 Å². The Morgan fingerprint density at radius 1 is 1.44 bits per heavy atom. The monoisotopic (exact) mass is 287 g/mol. The largest absolute Gasteiger partial charge is 0.493 e. The number of nitrogens with two attached hydrogens (primary N) is 1. The molecule has 0 heterocycles. The van der Waals surface area contributed by atoms with Gasteiger partial charge in [-0.25, -0.2) is 5.90 Å². The van der Waals surface area contributed by atoms with Crippen molar-refractivity contribution in [2.75, 3.05) is 7.11 Å². The summed E-state index contributed by atoms with van der Waals surface area (Å²) >= 11 is 3.41. The molecule has 1 aliphatic carbocycles. The van der Waals surface area contributed by atoms with Gasteiger partial charge >= 0.3 is 0 Å². The van der Waals surface area contributed by atoms with Crippen LogP contribution in [-0.4, -0.2) is 13.2 Å². The minimum Gasteiger partial charge on any atom is -0.493 e. The standard InChI is InChI=1S/C11H14BrNO3/c1-14-10-5-8(12)4-7(6-15-13)11(10)16-9-2-3-9/h4-5,9H,2-3,6,13H2,1H3. The Morgan fingerprint density at radius 3 is 2.75 bits per heavy atom. The summed E-state index contributed by atoms with van der Waals surface area (Å²) in [6.45, 7) is 0.303. The molecule has 1 aromatic carbocycles. The Balaban J connectivity index is 2.33. The highest BCUT2D eigenvalue weighted by molar-refractivity contribution is 9.10. The molecule has 1 aliphatic rings. The van der Waals surface area contributed by atoms with Crippen LogP contribution < -0.4 is 15.4 Å². The van der Waals surface area contributed by atoms with Crippen molar-refractivity contribution in [3.63, 3.8) is 0 Å². The molecule has 0 radical (unpaired) electrons. The quantitative estimate of drug-likeness (QED) is 0.845. The van der Waals surface area contributed by atoms with E-state index in [1.807, 2.05) is 12.1 Å². The average molecular weight is 288 g/mol. The number of hydrogen-bond donors (Lipinski definition) is 1. The maximum atomic E-state index is 5.80. The van der Waals surface area contributed by atoms with Crippen LogP contribution in [0.15, 0.2) is 16.6 Å². The Kier molecular flexibility index (Phi) is 3.68. The summed E-state index contributed by atoms with van der Waals surface area (Å²) < 4.78 is 12.0. The van der Waals surface area contributed by atoms with E-state index in [-0.39, 0.29) is 0 Å². The zero-order valence-electron chi connectivity index (χ0n) is 9.03. The normalized spacial score (nSPS) is 14.9. The van der Waals surface area contributed by atoms with Crippen LogP contribution in [0.5, 0.6) is 11.5 Å². The number of methoxy groups -OCH3 is 1. The molecule has 0 unspecified atom stereocenters. The molecule has 16 heavy (non-hydrogen) atoms. The molecular weight excluding hydrogens is 274 g/mol. The number of rotatable bonds is 5. The number of hydrogen-bond acceptors (Lipinski definition) is 4. The summed E-state index contributed by atoms with van der Waals surface area (Å²) in [6.07, 6.45) is 2.51. The zero-order valence-corrected chi connectivity index (χ0v) is 10.6. The third-order valence-corrected chi connectivity index (χ3v) is 2.82. The molecule has 0 saturated heterocycles. The highest BCUT2D eigenvalue weighted by Crippen LogP contribution is 2.39. The summed E-state index contributed by atoms with van der Waals surface area (Å²) in [6, 6.07) is 3.80. The number of benzene rings is 1. The molecule has 0 atom stereocenters. The van der Waals surface area contributed by atoms with Crippen molar-refractivity contribution in [2.24, 2.45) is 5.90 Å².